The Morgan fingerprint density at radius 1 is 1.88 bits per heavy atom. The number of rotatable bonds is 1. The quantitative estimate of drug-likeness (QED) is 0.488. The van der Waals surface area contributed by atoms with Gasteiger partial charge in [0.25, 0.3) is 0 Å². The van der Waals surface area contributed by atoms with Crippen LogP contribution in [-0.2, 0) is 4.79 Å². The predicted molar refractivity (Wildman–Crippen MR) is 33.4 cm³/mol. The topological polar surface area (TPSA) is 55.1 Å². The summed E-state index contributed by atoms with van der Waals surface area (Å²) in [6.45, 7) is 0.736. The van der Waals surface area contributed by atoms with Crippen LogP contribution in [-0.4, -0.2) is 23.6 Å². The molecule has 3 N–H and O–H groups in total. The van der Waals surface area contributed by atoms with Crippen molar-refractivity contribution in [1.29, 1.82) is 0 Å². The van der Waals surface area contributed by atoms with Gasteiger partial charge < -0.3 is 11.1 Å². The van der Waals surface area contributed by atoms with Gasteiger partial charge in [0.15, 0.2) is 0 Å². The number of carbonyl (C=O) groups excluding carboxylic acids is 1. The van der Waals surface area contributed by atoms with Crippen LogP contribution in [0.15, 0.2) is 0 Å². The molecular formula is C4H8N2OS. The van der Waals surface area contributed by atoms with Gasteiger partial charge in [-0.15, -0.1) is 11.8 Å². The molecule has 1 fully saturated rings. The van der Waals surface area contributed by atoms with Gasteiger partial charge in [-0.3, -0.25) is 4.79 Å². The number of nitrogens with two attached hydrogens (primary N) is 1. The Balaban J connectivity index is 2.35. The van der Waals surface area contributed by atoms with E-state index in [1.165, 1.54) is 0 Å². The van der Waals surface area contributed by atoms with Crippen molar-refractivity contribution in [2.24, 2.45) is 5.73 Å². The maximum Gasteiger partial charge on any atom is 0.231 e. The normalized spacial score (nSPS) is 28.2. The van der Waals surface area contributed by atoms with E-state index < -0.39 is 0 Å². The number of nitrogens with one attached hydrogen (secondary N) is 1. The lowest BCUT2D eigenvalue weighted by molar-refractivity contribution is -0.117. The Kier molecular flexibility index (Phi) is 1.75. The molecule has 0 saturated carbocycles. The first-order valence-corrected chi connectivity index (χ1v) is 3.47. The van der Waals surface area contributed by atoms with Gasteiger partial charge in [-0.2, -0.15) is 0 Å². The van der Waals surface area contributed by atoms with Crippen molar-refractivity contribution >= 4 is 17.7 Å². The molecule has 0 spiro atoms. The van der Waals surface area contributed by atoms with Gasteiger partial charge in [0.2, 0.25) is 5.91 Å². The Labute approximate surface area is 52.0 Å². The standard InChI is InChI=1S/C4H8N2OS/c5-4(7)3-1-6-2-8-3/h3,6H,1-2H2,(H2,5,7)/t3-/m1/s1. The van der Waals surface area contributed by atoms with Crippen LogP contribution in [0, 0.1) is 0 Å². The summed E-state index contributed by atoms with van der Waals surface area (Å²) < 4.78 is 0. The van der Waals surface area contributed by atoms with Crippen LogP contribution in [0.25, 0.3) is 0 Å². The van der Waals surface area contributed by atoms with E-state index in [2.05, 4.69) is 5.32 Å². The van der Waals surface area contributed by atoms with E-state index in [0.29, 0.717) is 0 Å². The van der Waals surface area contributed by atoms with Crippen molar-refractivity contribution in [3.63, 3.8) is 0 Å². The summed E-state index contributed by atoms with van der Waals surface area (Å²) >= 11 is 1.56. The fourth-order valence-electron chi connectivity index (χ4n) is 0.591. The summed E-state index contributed by atoms with van der Waals surface area (Å²) in [4.78, 5) is 10.4. The van der Waals surface area contributed by atoms with Gasteiger partial charge in [0, 0.05) is 12.4 Å². The molecule has 1 aliphatic rings. The summed E-state index contributed by atoms with van der Waals surface area (Å²) in [7, 11) is 0. The molecule has 4 heteroatoms. The van der Waals surface area contributed by atoms with Crippen molar-refractivity contribution in [2.45, 2.75) is 5.25 Å². The van der Waals surface area contributed by atoms with Gasteiger partial charge >= 0.3 is 0 Å². The third kappa shape index (κ3) is 1.14. The first-order valence-electron chi connectivity index (χ1n) is 2.42. The van der Waals surface area contributed by atoms with Crippen molar-refractivity contribution in [3.8, 4) is 0 Å². The molecule has 46 valence electrons. The molecule has 1 atom stereocenters. The van der Waals surface area contributed by atoms with Gasteiger partial charge in [0.1, 0.15) is 0 Å². The van der Waals surface area contributed by atoms with Gasteiger partial charge in [0.05, 0.1) is 5.25 Å². The van der Waals surface area contributed by atoms with E-state index in [9.17, 15) is 4.79 Å². The number of amides is 1. The molecule has 1 heterocycles. The molecule has 0 bridgehead atoms. The van der Waals surface area contributed by atoms with Crippen LogP contribution >= 0.6 is 11.8 Å². The zero-order chi connectivity index (χ0) is 5.98. The highest BCUT2D eigenvalue weighted by molar-refractivity contribution is 8.00. The minimum Gasteiger partial charge on any atom is -0.369 e. The summed E-state index contributed by atoms with van der Waals surface area (Å²) in [5, 5.41) is 3.03. The second-order valence-electron chi connectivity index (χ2n) is 1.66. The molecule has 0 aromatic rings. The van der Waals surface area contributed by atoms with Gasteiger partial charge in [-0.25, -0.2) is 0 Å². The van der Waals surface area contributed by atoms with Crippen LogP contribution in [0.5, 0.6) is 0 Å². The molecule has 3 nitrogen and oxygen atoms in total. The van der Waals surface area contributed by atoms with Crippen molar-refractivity contribution < 1.29 is 4.79 Å². The second-order valence-corrected chi connectivity index (χ2v) is 2.85. The van der Waals surface area contributed by atoms with E-state index in [-0.39, 0.29) is 11.2 Å². The van der Waals surface area contributed by atoms with Crippen LogP contribution in [0.1, 0.15) is 0 Å². The van der Waals surface area contributed by atoms with Gasteiger partial charge in [-0.1, -0.05) is 0 Å². The summed E-state index contributed by atoms with van der Waals surface area (Å²) in [6.07, 6.45) is 0. The highest BCUT2D eigenvalue weighted by Crippen LogP contribution is 2.12. The molecular weight excluding hydrogens is 124 g/mol. The largest absolute Gasteiger partial charge is 0.369 e. The highest BCUT2D eigenvalue weighted by Gasteiger charge is 2.19. The molecule has 0 aromatic heterocycles. The number of primary amides is 1. The van der Waals surface area contributed by atoms with E-state index in [1.807, 2.05) is 0 Å². The molecule has 0 unspecified atom stereocenters. The SMILES string of the molecule is NC(=O)[C@H]1CNCS1. The first-order chi connectivity index (χ1) is 3.80. The third-order valence-corrected chi connectivity index (χ3v) is 2.21. The van der Waals surface area contributed by atoms with Crippen LogP contribution in [0.4, 0.5) is 0 Å². The Morgan fingerprint density at radius 3 is 2.88 bits per heavy atom. The Bertz CT molecular complexity index is 100. The van der Waals surface area contributed by atoms with Gasteiger partial charge in [-0.05, 0) is 0 Å². The Hall–Kier alpha value is -0.220. The molecule has 0 aromatic carbocycles. The second kappa shape index (κ2) is 2.37. The molecule has 0 aliphatic carbocycles. The lowest BCUT2D eigenvalue weighted by Crippen LogP contribution is -2.28. The molecule has 1 saturated heterocycles. The smallest absolute Gasteiger partial charge is 0.231 e. The first kappa shape index (κ1) is 5.91. The highest BCUT2D eigenvalue weighted by atomic mass is 32.2. The minimum atomic E-state index is -0.208. The predicted octanol–water partition coefficient (Wildman–Crippen LogP) is -0.866. The number of thioether (sulfide) groups is 1. The lowest BCUT2D eigenvalue weighted by atomic mass is 10.4. The van der Waals surface area contributed by atoms with E-state index in [0.717, 1.165) is 12.4 Å². The van der Waals surface area contributed by atoms with Crippen LogP contribution in [0.2, 0.25) is 0 Å². The van der Waals surface area contributed by atoms with Crippen molar-refractivity contribution in [2.75, 3.05) is 12.4 Å². The molecule has 0 radical (unpaired) electrons. The molecule has 1 aliphatic heterocycles. The van der Waals surface area contributed by atoms with E-state index in [4.69, 9.17) is 5.73 Å². The minimum absolute atomic E-state index is 0.00926. The van der Waals surface area contributed by atoms with Crippen LogP contribution in [0.3, 0.4) is 0 Å². The summed E-state index contributed by atoms with van der Waals surface area (Å²) in [5.41, 5.74) is 5.00. The zero-order valence-corrected chi connectivity index (χ0v) is 5.20. The maximum absolute atomic E-state index is 10.4. The molecule has 1 rings (SSSR count). The summed E-state index contributed by atoms with van der Waals surface area (Å²) in [6, 6.07) is 0. The zero-order valence-electron chi connectivity index (χ0n) is 4.39. The van der Waals surface area contributed by atoms with E-state index >= 15 is 0 Å². The fraction of sp³-hybridized carbons (Fsp3) is 0.750. The monoisotopic (exact) mass is 132 g/mol. The number of carbonyl (C=O) groups is 1. The lowest BCUT2D eigenvalue weighted by Gasteiger charge is -1.97. The average Bonchev–Trinajstić information content (AvgIpc) is 2.12. The third-order valence-electron chi connectivity index (χ3n) is 1.03. The Morgan fingerprint density at radius 2 is 2.62 bits per heavy atom. The van der Waals surface area contributed by atoms with E-state index in [1.54, 1.807) is 11.8 Å². The molecule has 1 amide bonds. The van der Waals surface area contributed by atoms with Crippen molar-refractivity contribution in [3.05, 3.63) is 0 Å². The average molecular weight is 132 g/mol. The molecule has 8 heavy (non-hydrogen) atoms. The number of hydrogen-bond acceptors (Lipinski definition) is 3. The van der Waals surface area contributed by atoms with Crippen molar-refractivity contribution in [1.82, 2.24) is 5.32 Å². The fourth-order valence-corrected chi connectivity index (χ4v) is 1.43. The maximum atomic E-state index is 10.4. The van der Waals surface area contributed by atoms with Crippen LogP contribution < -0.4 is 11.1 Å². The summed E-state index contributed by atoms with van der Waals surface area (Å²) in [5.74, 6) is 0.646. The number of hydrogen-bond donors (Lipinski definition) is 2.